The molecule has 10 atom stereocenters. The minimum atomic E-state index is -3.04. The van der Waals surface area contributed by atoms with Crippen molar-refractivity contribution < 1.29 is 54.7 Å². The smallest absolute Gasteiger partial charge is 0.230 e. The molecule has 0 spiro atoms. The first-order valence-corrected chi connectivity index (χ1v) is 7.00. The number of hydrogen-bond acceptors (Lipinski definition) is 10. The molecule has 2 rings (SSSR count). The molecule has 0 aromatic heterocycles. The molecule has 2 aliphatic heterocycles. The van der Waals surface area contributed by atoms with E-state index in [2.05, 4.69) is 0 Å². The van der Waals surface area contributed by atoms with Crippen LogP contribution in [0, 0.1) is 0 Å². The maximum Gasteiger partial charge on any atom is 0.230 e. The standard InChI is InChI=1S/C12H21FO10/c13-10-8(19)6(17)4(2-15)23-12(10,21)11-9(20)7(18)5(16)3(1-14)22-11/h3-11,14-21H,1-2H2/t3-,4-,5-,6-,7+,8+,9-,10-,11+,12-/m1/s1. The highest BCUT2D eigenvalue weighted by atomic mass is 19.1. The third-order valence-electron chi connectivity index (χ3n) is 4.25. The topological polar surface area (TPSA) is 180 Å². The van der Waals surface area contributed by atoms with Crippen LogP contribution in [0.3, 0.4) is 0 Å². The number of aliphatic hydroxyl groups excluding tert-OH is 7. The fourth-order valence-electron chi connectivity index (χ4n) is 2.83. The highest BCUT2D eigenvalue weighted by molar-refractivity contribution is 5.06. The van der Waals surface area contributed by atoms with E-state index in [0.717, 1.165) is 0 Å². The number of rotatable bonds is 3. The predicted molar refractivity (Wildman–Crippen MR) is 67.6 cm³/mol. The minimum absolute atomic E-state index is 0.816. The lowest BCUT2D eigenvalue weighted by molar-refractivity contribution is -0.397. The van der Waals surface area contributed by atoms with Gasteiger partial charge in [0.05, 0.1) is 13.2 Å². The van der Waals surface area contributed by atoms with E-state index in [4.69, 9.17) is 19.7 Å². The molecule has 136 valence electrons. The number of hydrogen-bond donors (Lipinski definition) is 8. The molecule has 0 radical (unpaired) electrons. The predicted octanol–water partition coefficient (Wildman–Crippen LogP) is -5.03. The largest absolute Gasteiger partial charge is 0.394 e. The second kappa shape index (κ2) is 6.80. The quantitative estimate of drug-likeness (QED) is 0.247. The first kappa shape index (κ1) is 18.9. The Labute approximate surface area is 129 Å². The molecular formula is C12H21FO10. The van der Waals surface area contributed by atoms with E-state index in [1.165, 1.54) is 0 Å². The van der Waals surface area contributed by atoms with Gasteiger partial charge in [-0.1, -0.05) is 0 Å². The Morgan fingerprint density at radius 2 is 1.30 bits per heavy atom. The summed E-state index contributed by atoms with van der Waals surface area (Å²) >= 11 is 0. The van der Waals surface area contributed by atoms with Crippen LogP contribution in [0.4, 0.5) is 4.39 Å². The average Bonchev–Trinajstić information content (AvgIpc) is 2.54. The summed E-state index contributed by atoms with van der Waals surface area (Å²) in [5, 5.41) is 77.2. The summed E-state index contributed by atoms with van der Waals surface area (Å²) in [5.74, 6) is -3.04. The lowest BCUT2D eigenvalue weighted by Crippen LogP contribution is -2.74. The summed E-state index contributed by atoms with van der Waals surface area (Å²) in [6, 6.07) is 0. The Morgan fingerprint density at radius 3 is 1.83 bits per heavy atom. The molecule has 2 fully saturated rings. The molecule has 0 amide bonds. The van der Waals surface area contributed by atoms with Gasteiger partial charge in [0, 0.05) is 0 Å². The fourth-order valence-corrected chi connectivity index (χ4v) is 2.83. The highest BCUT2D eigenvalue weighted by Crippen LogP contribution is 2.38. The van der Waals surface area contributed by atoms with E-state index in [1.807, 2.05) is 0 Å². The average molecular weight is 344 g/mol. The zero-order valence-electron chi connectivity index (χ0n) is 11.9. The Morgan fingerprint density at radius 1 is 0.783 bits per heavy atom. The first-order valence-electron chi connectivity index (χ1n) is 7.00. The van der Waals surface area contributed by atoms with Crippen molar-refractivity contribution in [2.24, 2.45) is 0 Å². The molecule has 0 bridgehead atoms. The Bertz CT molecular complexity index is 409. The monoisotopic (exact) mass is 344 g/mol. The van der Waals surface area contributed by atoms with Gasteiger partial charge in [0.2, 0.25) is 5.79 Å². The van der Waals surface area contributed by atoms with Crippen LogP contribution in [-0.2, 0) is 9.47 Å². The van der Waals surface area contributed by atoms with Crippen LogP contribution in [0.1, 0.15) is 0 Å². The van der Waals surface area contributed by atoms with E-state index in [0.29, 0.717) is 0 Å². The van der Waals surface area contributed by atoms with Crippen molar-refractivity contribution in [2.75, 3.05) is 13.2 Å². The molecule has 11 heteroatoms. The van der Waals surface area contributed by atoms with E-state index < -0.39 is 74.0 Å². The van der Waals surface area contributed by atoms with E-state index in [1.54, 1.807) is 0 Å². The van der Waals surface area contributed by atoms with Gasteiger partial charge in [0.25, 0.3) is 0 Å². The molecule has 0 saturated carbocycles. The summed E-state index contributed by atoms with van der Waals surface area (Å²) in [5.41, 5.74) is 0. The molecule has 2 saturated heterocycles. The molecule has 0 aromatic carbocycles. The summed E-state index contributed by atoms with van der Waals surface area (Å²) in [6.45, 7) is -1.70. The van der Waals surface area contributed by atoms with Gasteiger partial charge in [-0.3, -0.25) is 0 Å². The van der Waals surface area contributed by atoms with Crippen molar-refractivity contribution in [1.29, 1.82) is 0 Å². The van der Waals surface area contributed by atoms with Crippen LogP contribution < -0.4 is 0 Å². The lowest BCUT2D eigenvalue weighted by Gasteiger charge is -2.51. The van der Waals surface area contributed by atoms with Crippen LogP contribution in [0.5, 0.6) is 0 Å². The number of aliphatic hydroxyl groups is 8. The summed E-state index contributed by atoms with van der Waals surface area (Å²) < 4.78 is 24.2. The van der Waals surface area contributed by atoms with E-state index in [-0.39, 0.29) is 0 Å². The Kier molecular flexibility index (Phi) is 5.58. The number of ether oxygens (including phenoxy) is 2. The van der Waals surface area contributed by atoms with Crippen LogP contribution in [0.2, 0.25) is 0 Å². The fraction of sp³-hybridized carbons (Fsp3) is 1.00. The minimum Gasteiger partial charge on any atom is -0.394 e. The summed E-state index contributed by atoms with van der Waals surface area (Å²) in [7, 11) is 0. The van der Waals surface area contributed by atoms with Crippen LogP contribution in [0.25, 0.3) is 0 Å². The molecule has 0 aliphatic carbocycles. The van der Waals surface area contributed by atoms with Gasteiger partial charge in [-0.15, -0.1) is 0 Å². The van der Waals surface area contributed by atoms with Gasteiger partial charge < -0.3 is 50.3 Å². The highest BCUT2D eigenvalue weighted by Gasteiger charge is 2.63. The zero-order valence-corrected chi connectivity index (χ0v) is 11.9. The van der Waals surface area contributed by atoms with Gasteiger partial charge >= 0.3 is 0 Å². The van der Waals surface area contributed by atoms with Crippen molar-refractivity contribution in [3.05, 3.63) is 0 Å². The van der Waals surface area contributed by atoms with Gasteiger partial charge in [0.1, 0.15) is 48.8 Å². The Hall–Kier alpha value is -0.470. The molecule has 2 aliphatic rings. The summed E-state index contributed by atoms with van der Waals surface area (Å²) in [4.78, 5) is 0. The van der Waals surface area contributed by atoms with E-state index >= 15 is 0 Å². The molecule has 8 N–H and O–H groups in total. The molecular weight excluding hydrogens is 323 g/mol. The number of alkyl halides is 1. The van der Waals surface area contributed by atoms with Gasteiger partial charge in [-0.25, -0.2) is 4.39 Å². The van der Waals surface area contributed by atoms with Crippen molar-refractivity contribution in [2.45, 2.75) is 60.8 Å². The molecule has 23 heavy (non-hydrogen) atoms. The second-order valence-electron chi connectivity index (χ2n) is 5.72. The van der Waals surface area contributed by atoms with Gasteiger partial charge in [0.15, 0.2) is 6.17 Å². The van der Waals surface area contributed by atoms with Crippen molar-refractivity contribution in [1.82, 2.24) is 0 Å². The SMILES string of the molecule is OC[C@H]1O[C@H]([C@]2(O)O[C@H](CO)[C@@H](O)[C@H](O)[C@H]2F)[C@H](O)[C@@H](O)[C@@H]1O. The maximum atomic E-state index is 14.3. The van der Waals surface area contributed by atoms with Crippen LogP contribution in [0.15, 0.2) is 0 Å². The van der Waals surface area contributed by atoms with Gasteiger partial charge in [-0.2, -0.15) is 0 Å². The first-order chi connectivity index (χ1) is 10.7. The number of halogens is 1. The normalized spacial score (nSPS) is 54.9. The van der Waals surface area contributed by atoms with Crippen molar-refractivity contribution >= 4 is 0 Å². The molecule has 0 unspecified atom stereocenters. The second-order valence-corrected chi connectivity index (χ2v) is 5.72. The third kappa shape index (κ3) is 2.98. The van der Waals surface area contributed by atoms with Gasteiger partial charge in [-0.05, 0) is 0 Å². The van der Waals surface area contributed by atoms with E-state index in [9.17, 15) is 35.0 Å². The lowest BCUT2D eigenvalue weighted by atomic mass is 9.84. The molecule has 10 nitrogen and oxygen atoms in total. The zero-order chi connectivity index (χ0) is 17.5. The Balaban J connectivity index is 2.33. The van der Waals surface area contributed by atoms with Crippen molar-refractivity contribution in [3.8, 4) is 0 Å². The van der Waals surface area contributed by atoms with Crippen molar-refractivity contribution in [3.63, 3.8) is 0 Å². The third-order valence-corrected chi connectivity index (χ3v) is 4.25. The van der Waals surface area contributed by atoms with Crippen LogP contribution in [-0.4, -0.2) is 115 Å². The summed E-state index contributed by atoms with van der Waals surface area (Å²) in [6.07, 6.45) is -17.4. The molecule has 0 aromatic rings. The van der Waals surface area contributed by atoms with Crippen LogP contribution >= 0.6 is 0 Å². The maximum absolute atomic E-state index is 14.3. The molecule has 2 heterocycles.